The maximum atomic E-state index is 12.1. The molecule has 21 heavy (non-hydrogen) atoms. The largest absolute Gasteiger partial charge is 0.493 e. The van der Waals surface area contributed by atoms with Gasteiger partial charge in [-0.3, -0.25) is 4.79 Å². The van der Waals surface area contributed by atoms with E-state index in [0.717, 1.165) is 5.56 Å². The van der Waals surface area contributed by atoms with Gasteiger partial charge in [-0.15, -0.1) is 0 Å². The third-order valence-corrected chi connectivity index (χ3v) is 3.05. The van der Waals surface area contributed by atoms with Gasteiger partial charge < -0.3 is 4.74 Å². The first-order valence-electron chi connectivity index (χ1n) is 6.52. The Labute approximate surface area is 128 Å². The minimum absolute atomic E-state index is 0.331. The number of para-hydroxylation sites is 1. The van der Waals surface area contributed by atoms with Crippen molar-refractivity contribution in [2.75, 3.05) is 6.61 Å². The summed E-state index contributed by atoms with van der Waals surface area (Å²) in [4.78, 5) is 12.1. The molecule has 4 nitrogen and oxygen atoms in total. The van der Waals surface area contributed by atoms with Crippen molar-refractivity contribution < 1.29 is 9.53 Å². The molecule has 0 heterocycles. The maximum Gasteiger partial charge on any atom is 0.275 e. The molecule has 0 aliphatic rings. The molecule has 108 valence electrons. The number of carbonyl (C=O) groups is 1. The summed E-state index contributed by atoms with van der Waals surface area (Å²) in [6.45, 7) is 2.36. The van der Waals surface area contributed by atoms with E-state index in [4.69, 9.17) is 16.3 Å². The van der Waals surface area contributed by atoms with E-state index in [-0.39, 0.29) is 5.91 Å². The quantitative estimate of drug-likeness (QED) is 0.679. The highest BCUT2D eigenvalue weighted by molar-refractivity contribution is 6.33. The van der Waals surface area contributed by atoms with Crippen LogP contribution in [-0.4, -0.2) is 18.7 Å². The third-order valence-electron chi connectivity index (χ3n) is 2.71. The molecule has 2 rings (SSSR count). The molecule has 0 aromatic heterocycles. The summed E-state index contributed by atoms with van der Waals surface area (Å²) in [5.74, 6) is 0.202. The molecule has 1 amide bonds. The van der Waals surface area contributed by atoms with Crippen molar-refractivity contribution in [3.63, 3.8) is 0 Å². The van der Waals surface area contributed by atoms with Crippen molar-refractivity contribution in [1.82, 2.24) is 5.43 Å². The van der Waals surface area contributed by atoms with Gasteiger partial charge in [-0.2, -0.15) is 5.10 Å². The highest BCUT2D eigenvalue weighted by Gasteiger charge is 2.10. The zero-order valence-corrected chi connectivity index (χ0v) is 12.3. The van der Waals surface area contributed by atoms with Gasteiger partial charge in [0.25, 0.3) is 5.91 Å². The SMILES string of the molecule is CCOc1ccccc1C(=O)N/N=C/c1ccccc1Cl. The zero-order valence-electron chi connectivity index (χ0n) is 11.5. The number of nitrogens with zero attached hydrogens (tertiary/aromatic N) is 1. The van der Waals surface area contributed by atoms with Crippen LogP contribution in [0.5, 0.6) is 5.75 Å². The van der Waals surface area contributed by atoms with Gasteiger partial charge in [-0.1, -0.05) is 41.9 Å². The Bertz CT molecular complexity index is 656. The van der Waals surface area contributed by atoms with Crippen LogP contribution in [0.1, 0.15) is 22.8 Å². The van der Waals surface area contributed by atoms with E-state index in [1.54, 1.807) is 24.3 Å². The number of nitrogens with one attached hydrogen (secondary N) is 1. The molecular formula is C16H15ClN2O2. The van der Waals surface area contributed by atoms with Crippen molar-refractivity contribution in [2.24, 2.45) is 5.10 Å². The first-order valence-corrected chi connectivity index (χ1v) is 6.90. The molecule has 0 spiro atoms. The molecule has 5 heteroatoms. The molecule has 0 radical (unpaired) electrons. The molecule has 0 saturated heterocycles. The van der Waals surface area contributed by atoms with Crippen LogP contribution in [0.25, 0.3) is 0 Å². The number of benzene rings is 2. The lowest BCUT2D eigenvalue weighted by Crippen LogP contribution is -2.18. The van der Waals surface area contributed by atoms with Crippen LogP contribution in [0.4, 0.5) is 0 Å². The van der Waals surface area contributed by atoms with E-state index in [2.05, 4.69) is 10.5 Å². The molecule has 0 bridgehead atoms. The van der Waals surface area contributed by atoms with Crippen molar-refractivity contribution in [2.45, 2.75) is 6.92 Å². The summed E-state index contributed by atoms with van der Waals surface area (Å²) < 4.78 is 5.41. The summed E-state index contributed by atoms with van der Waals surface area (Å²) in [7, 11) is 0. The third kappa shape index (κ3) is 4.07. The van der Waals surface area contributed by atoms with Crippen LogP contribution in [0, 0.1) is 0 Å². The van der Waals surface area contributed by atoms with Gasteiger partial charge in [0.2, 0.25) is 0 Å². The van der Waals surface area contributed by atoms with Crippen molar-refractivity contribution in [3.8, 4) is 5.75 Å². The van der Waals surface area contributed by atoms with Crippen LogP contribution >= 0.6 is 11.6 Å². The van der Waals surface area contributed by atoms with E-state index >= 15 is 0 Å². The average Bonchev–Trinajstić information content (AvgIpc) is 2.50. The van der Waals surface area contributed by atoms with Crippen LogP contribution in [0.15, 0.2) is 53.6 Å². The predicted molar refractivity (Wildman–Crippen MR) is 84.1 cm³/mol. The Morgan fingerprint density at radius 1 is 1.24 bits per heavy atom. The molecule has 0 unspecified atom stereocenters. The van der Waals surface area contributed by atoms with E-state index in [9.17, 15) is 4.79 Å². The van der Waals surface area contributed by atoms with Gasteiger partial charge in [0, 0.05) is 10.6 Å². The van der Waals surface area contributed by atoms with Gasteiger partial charge >= 0.3 is 0 Å². The molecule has 0 fully saturated rings. The van der Waals surface area contributed by atoms with Crippen molar-refractivity contribution in [1.29, 1.82) is 0 Å². The minimum Gasteiger partial charge on any atom is -0.493 e. The Balaban J connectivity index is 2.07. The minimum atomic E-state index is -0.331. The molecule has 0 aliphatic carbocycles. The predicted octanol–water partition coefficient (Wildman–Crippen LogP) is 3.50. The summed E-state index contributed by atoms with van der Waals surface area (Å²) in [5.41, 5.74) is 3.64. The number of hydrazone groups is 1. The smallest absolute Gasteiger partial charge is 0.275 e. The molecule has 2 aromatic rings. The first-order chi connectivity index (χ1) is 10.2. The Hall–Kier alpha value is -2.33. The average molecular weight is 303 g/mol. The topological polar surface area (TPSA) is 50.7 Å². The van der Waals surface area contributed by atoms with Crippen molar-refractivity contribution >= 4 is 23.7 Å². The van der Waals surface area contributed by atoms with Gasteiger partial charge in [0.1, 0.15) is 5.75 Å². The highest BCUT2D eigenvalue weighted by atomic mass is 35.5. The summed E-state index contributed by atoms with van der Waals surface area (Å²) in [6.07, 6.45) is 1.50. The fourth-order valence-corrected chi connectivity index (χ4v) is 1.92. The monoisotopic (exact) mass is 302 g/mol. The van der Waals surface area contributed by atoms with Gasteiger partial charge in [-0.05, 0) is 25.1 Å². The number of hydrogen-bond donors (Lipinski definition) is 1. The Kier molecular flexibility index (Phi) is 5.35. The van der Waals surface area contributed by atoms with Crippen molar-refractivity contribution in [3.05, 3.63) is 64.7 Å². The summed E-state index contributed by atoms with van der Waals surface area (Å²) >= 11 is 6.00. The van der Waals surface area contributed by atoms with Gasteiger partial charge in [0.15, 0.2) is 0 Å². The van der Waals surface area contributed by atoms with Crippen LogP contribution in [0.3, 0.4) is 0 Å². The second kappa shape index (κ2) is 7.45. The maximum absolute atomic E-state index is 12.1. The fourth-order valence-electron chi connectivity index (χ4n) is 1.74. The standard InChI is InChI=1S/C16H15ClN2O2/c1-2-21-15-10-6-4-8-13(15)16(20)19-18-11-12-7-3-5-9-14(12)17/h3-11H,2H2,1H3,(H,19,20)/b18-11+. The molecule has 0 saturated carbocycles. The Morgan fingerprint density at radius 3 is 2.71 bits per heavy atom. The van der Waals surface area contributed by atoms with Gasteiger partial charge in [0.05, 0.1) is 18.4 Å². The molecular weight excluding hydrogens is 288 g/mol. The Morgan fingerprint density at radius 2 is 1.95 bits per heavy atom. The van der Waals surface area contributed by atoms with Gasteiger partial charge in [-0.25, -0.2) is 5.43 Å². The van der Waals surface area contributed by atoms with E-state index in [0.29, 0.717) is 22.9 Å². The fraction of sp³-hybridized carbons (Fsp3) is 0.125. The second-order valence-corrected chi connectivity index (χ2v) is 4.56. The number of amides is 1. The molecule has 1 N–H and O–H groups in total. The lowest BCUT2D eigenvalue weighted by molar-refractivity contribution is 0.0951. The number of carbonyl (C=O) groups excluding carboxylic acids is 1. The van der Waals surface area contributed by atoms with E-state index in [1.807, 2.05) is 31.2 Å². The normalized spacial score (nSPS) is 10.6. The first kappa shape index (κ1) is 15.1. The molecule has 0 atom stereocenters. The summed E-state index contributed by atoms with van der Waals surface area (Å²) in [6, 6.07) is 14.3. The zero-order chi connectivity index (χ0) is 15.1. The van der Waals surface area contributed by atoms with Crippen LogP contribution in [-0.2, 0) is 0 Å². The summed E-state index contributed by atoms with van der Waals surface area (Å²) in [5, 5.41) is 4.49. The number of hydrogen-bond acceptors (Lipinski definition) is 3. The van der Waals surface area contributed by atoms with E-state index < -0.39 is 0 Å². The highest BCUT2D eigenvalue weighted by Crippen LogP contribution is 2.17. The molecule has 2 aromatic carbocycles. The second-order valence-electron chi connectivity index (χ2n) is 4.15. The number of halogens is 1. The number of rotatable bonds is 5. The van der Waals surface area contributed by atoms with E-state index in [1.165, 1.54) is 6.21 Å². The number of ether oxygens (including phenoxy) is 1. The molecule has 0 aliphatic heterocycles. The lowest BCUT2D eigenvalue weighted by atomic mass is 10.2. The van der Waals surface area contributed by atoms with Crippen LogP contribution in [0.2, 0.25) is 5.02 Å². The van der Waals surface area contributed by atoms with Crippen LogP contribution < -0.4 is 10.2 Å². The lowest BCUT2D eigenvalue weighted by Gasteiger charge is -2.08.